The predicted molar refractivity (Wildman–Crippen MR) is 78.5 cm³/mol. The first-order valence-electron chi connectivity index (χ1n) is 6.47. The topological polar surface area (TPSA) is 100 Å². The van der Waals surface area contributed by atoms with Gasteiger partial charge in [0.1, 0.15) is 10.7 Å². The van der Waals surface area contributed by atoms with Crippen LogP contribution < -0.4 is 16.4 Å². The van der Waals surface area contributed by atoms with Crippen LogP contribution in [0.1, 0.15) is 36.4 Å². The van der Waals surface area contributed by atoms with E-state index in [0.29, 0.717) is 23.0 Å². The third kappa shape index (κ3) is 5.04. The molecule has 1 amide bonds. The second kappa shape index (κ2) is 7.96. The van der Waals surface area contributed by atoms with E-state index in [4.69, 9.17) is 10.8 Å². The van der Waals surface area contributed by atoms with Gasteiger partial charge in [0.15, 0.2) is 5.13 Å². The van der Waals surface area contributed by atoms with E-state index in [1.165, 1.54) is 11.3 Å². The molecular weight excluding hydrogens is 264 g/mol. The van der Waals surface area contributed by atoms with Gasteiger partial charge in [-0.1, -0.05) is 25.2 Å². The Morgan fingerprint density at radius 3 is 2.95 bits per heavy atom. The van der Waals surface area contributed by atoms with Gasteiger partial charge in [-0.3, -0.25) is 4.79 Å². The molecule has 1 aromatic rings. The van der Waals surface area contributed by atoms with Crippen molar-refractivity contribution in [3.63, 3.8) is 0 Å². The third-order valence-electron chi connectivity index (χ3n) is 2.62. The summed E-state index contributed by atoms with van der Waals surface area (Å²) in [5.41, 5.74) is 5.74. The number of nitrogens with two attached hydrogens (primary N) is 1. The molecule has 1 aromatic heterocycles. The summed E-state index contributed by atoms with van der Waals surface area (Å²) < 4.78 is 0. The molecule has 108 valence electrons. The Balaban J connectivity index is 2.54. The number of carbonyl (C=O) groups excluding carboxylic acids is 1. The molecule has 0 saturated carbocycles. The first-order valence-corrected chi connectivity index (χ1v) is 7.29. The fourth-order valence-corrected chi connectivity index (χ4v) is 2.30. The lowest BCUT2D eigenvalue weighted by molar-refractivity contribution is 0.0950. The number of hydrogen-bond acceptors (Lipinski definition) is 6. The van der Waals surface area contributed by atoms with Crippen LogP contribution in [0.25, 0.3) is 0 Å². The summed E-state index contributed by atoms with van der Waals surface area (Å²) in [6.07, 6.45) is 1.65. The lowest BCUT2D eigenvalue weighted by atomic mass is 10.1. The quantitative estimate of drug-likeness (QED) is 0.577. The summed E-state index contributed by atoms with van der Waals surface area (Å²) in [5.74, 6) is 0.293. The summed E-state index contributed by atoms with van der Waals surface area (Å²) in [6.45, 7) is 5.49. The van der Waals surface area contributed by atoms with Gasteiger partial charge in [-0.2, -0.15) is 0 Å². The minimum atomic E-state index is -0.204. The van der Waals surface area contributed by atoms with Gasteiger partial charge >= 0.3 is 0 Å². The van der Waals surface area contributed by atoms with E-state index in [-0.39, 0.29) is 24.2 Å². The van der Waals surface area contributed by atoms with Crippen LogP contribution in [0.4, 0.5) is 10.9 Å². The van der Waals surface area contributed by atoms with E-state index in [1.54, 1.807) is 0 Å². The average molecular weight is 286 g/mol. The van der Waals surface area contributed by atoms with Crippen LogP contribution >= 0.6 is 11.3 Å². The van der Waals surface area contributed by atoms with Crippen molar-refractivity contribution in [1.82, 2.24) is 10.3 Å². The fourth-order valence-electron chi connectivity index (χ4n) is 1.47. The first kappa shape index (κ1) is 15.7. The Morgan fingerprint density at radius 2 is 2.32 bits per heavy atom. The number of nitrogen functional groups attached to an aromatic ring is 1. The Morgan fingerprint density at radius 1 is 1.58 bits per heavy atom. The van der Waals surface area contributed by atoms with Gasteiger partial charge in [-0.15, -0.1) is 0 Å². The summed E-state index contributed by atoms with van der Waals surface area (Å²) in [7, 11) is 0. The maximum Gasteiger partial charge on any atom is 0.265 e. The molecule has 0 aromatic carbocycles. The number of nitrogens with one attached hydrogen (secondary N) is 2. The number of rotatable bonds is 8. The van der Waals surface area contributed by atoms with Gasteiger partial charge in [0, 0.05) is 19.7 Å². The van der Waals surface area contributed by atoms with Gasteiger partial charge in [0.25, 0.3) is 5.91 Å². The number of carbonyl (C=O) groups is 1. The van der Waals surface area contributed by atoms with Gasteiger partial charge < -0.3 is 21.5 Å². The normalized spacial score (nSPS) is 12.2. The average Bonchev–Trinajstić information content (AvgIpc) is 2.75. The van der Waals surface area contributed by atoms with Crippen molar-refractivity contribution < 1.29 is 9.90 Å². The van der Waals surface area contributed by atoms with E-state index in [9.17, 15) is 4.79 Å². The number of thiazole rings is 1. The minimum absolute atomic E-state index is 0.130. The van der Waals surface area contributed by atoms with Gasteiger partial charge in [0.05, 0.1) is 0 Å². The molecule has 1 heterocycles. The number of amides is 1. The SMILES string of the molecule is CCCNc1nc(N)c(C(=O)NCC(C)CCO)s1. The van der Waals surface area contributed by atoms with Crippen molar-refractivity contribution in [2.24, 2.45) is 5.92 Å². The largest absolute Gasteiger partial charge is 0.396 e. The van der Waals surface area contributed by atoms with Crippen LogP contribution in [-0.2, 0) is 0 Å². The lowest BCUT2D eigenvalue weighted by Gasteiger charge is -2.10. The maximum atomic E-state index is 12.0. The molecule has 7 heteroatoms. The van der Waals surface area contributed by atoms with Crippen molar-refractivity contribution in [3.8, 4) is 0 Å². The number of nitrogens with zero attached hydrogens (tertiary/aromatic N) is 1. The van der Waals surface area contributed by atoms with E-state index in [2.05, 4.69) is 22.5 Å². The van der Waals surface area contributed by atoms with Crippen LogP contribution in [0.3, 0.4) is 0 Å². The minimum Gasteiger partial charge on any atom is -0.396 e. The molecule has 1 atom stereocenters. The van der Waals surface area contributed by atoms with E-state index in [0.717, 1.165) is 13.0 Å². The first-order chi connectivity index (χ1) is 9.08. The maximum absolute atomic E-state index is 12.0. The predicted octanol–water partition coefficient (Wildman–Crippen LogP) is 1.30. The second-order valence-electron chi connectivity index (χ2n) is 4.49. The summed E-state index contributed by atoms with van der Waals surface area (Å²) in [5, 5.41) is 15.4. The number of aromatic nitrogens is 1. The van der Waals surface area contributed by atoms with Crippen molar-refractivity contribution in [2.45, 2.75) is 26.7 Å². The zero-order valence-electron chi connectivity index (χ0n) is 11.4. The highest BCUT2D eigenvalue weighted by Gasteiger charge is 2.16. The van der Waals surface area contributed by atoms with Gasteiger partial charge in [-0.05, 0) is 18.8 Å². The molecule has 6 nitrogen and oxygen atoms in total. The third-order valence-corrected chi connectivity index (χ3v) is 3.65. The molecule has 0 aliphatic rings. The van der Waals surface area contributed by atoms with Gasteiger partial charge in [0.2, 0.25) is 0 Å². The Bertz CT molecular complexity index is 408. The van der Waals surface area contributed by atoms with Crippen molar-refractivity contribution in [1.29, 1.82) is 0 Å². The van der Waals surface area contributed by atoms with Crippen molar-refractivity contribution in [2.75, 3.05) is 30.7 Å². The Hall–Kier alpha value is -1.34. The highest BCUT2D eigenvalue weighted by atomic mass is 32.1. The molecule has 0 bridgehead atoms. The molecule has 0 aliphatic carbocycles. The summed E-state index contributed by atoms with van der Waals surface area (Å²) >= 11 is 1.26. The van der Waals surface area contributed by atoms with Crippen LogP contribution in [0.15, 0.2) is 0 Å². The molecule has 0 spiro atoms. The highest BCUT2D eigenvalue weighted by Crippen LogP contribution is 2.24. The van der Waals surface area contributed by atoms with Gasteiger partial charge in [-0.25, -0.2) is 4.98 Å². The molecule has 0 saturated heterocycles. The molecule has 0 aliphatic heterocycles. The number of hydrogen-bond donors (Lipinski definition) is 4. The molecule has 0 fully saturated rings. The zero-order chi connectivity index (χ0) is 14.3. The zero-order valence-corrected chi connectivity index (χ0v) is 12.2. The molecule has 19 heavy (non-hydrogen) atoms. The number of aliphatic hydroxyl groups is 1. The molecular formula is C12H22N4O2S. The summed E-state index contributed by atoms with van der Waals surface area (Å²) in [6, 6.07) is 0. The van der Waals surface area contributed by atoms with E-state index >= 15 is 0 Å². The second-order valence-corrected chi connectivity index (χ2v) is 5.49. The van der Waals surface area contributed by atoms with Crippen LogP contribution in [-0.4, -0.2) is 35.7 Å². The summed E-state index contributed by atoms with van der Waals surface area (Å²) in [4.78, 5) is 16.5. The van der Waals surface area contributed by atoms with E-state index < -0.39 is 0 Å². The Kier molecular flexibility index (Phi) is 6.58. The van der Waals surface area contributed by atoms with Crippen LogP contribution in [0, 0.1) is 5.92 Å². The standard InChI is InChI=1S/C12H22N4O2S/c1-3-5-14-12-16-10(13)9(19-12)11(18)15-7-8(2)4-6-17/h8,17H,3-7,13H2,1-2H3,(H,14,16)(H,15,18). The monoisotopic (exact) mass is 286 g/mol. The van der Waals surface area contributed by atoms with E-state index in [1.807, 2.05) is 6.92 Å². The lowest BCUT2D eigenvalue weighted by Crippen LogP contribution is -2.28. The highest BCUT2D eigenvalue weighted by molar-refractivity contribution is 7.18. The van der Waals surface area contributed by atoms with Crippen LogP contribution in [0.5, 0.6) is 0 Å². The smallest absolute Gasteiger partial charge is 0.265 e. The number of aliphatic hydroxyl groups excluding tert-OH is 1. The van der Waals surface area contributed by atoms with Crippen LogP contribution in [0.2, 0.25) is 0 Å². The molecule has 0 radical (unpaired) electrons. The van der Waals surface area contributed by atoms with Crippen molar-refractivity contribution in [3.05, 3.63) is 4.88 Å². The fraction of sp³-hybridized carbons (Fsp3) is 0.667. The number of anilines is 2. The molecule has 1 unspecified atom stereocenters. The Labute approximate surface area is 117 Å². The molecule has 1 rings (SSSR count). The van der Waals surface area contributed by atoms with Crippen molar-refractivity contribution >= 4 is 28.2 Å². The molecule has 5 N–H and O–H groups in total.